The molecule has 4 rings (SSSR count). The van der Waals surface area contributed by atoms with Crippen molar-refractivity contribution in [3.63, 3.8) is 0 Å². The number of hydrogen-bond donors (Lipinski definition) is 0. The Hall–Kier alpha value is -1.05. The third-order valence-corrected chi connectivity index (χ3v) is 3.60. The summed E-state index contributed by atoms with van der Waals surface area (Å²) in [6, 6.07) is 15.6. The average molecular weight is 419 g/mol. The van der Waals surface area contributed by atoms with Gasteiger partial charge in [0.05, 0.1) is 0 Å². The maximum atomic E-state index is 2.99. The summed E-state index contributed by atoms with van der Waals surface area (Å²) in [5.41, 5.74) is 2.66. The summed E-state index contributed by atoms with van der Waals surface area (Å²) in [7, 11) is 0. The zero-order chi connectivity index (χ0) is 17.5. The van der Waals surface area contributed by atoms with E-state index in [9.17, 15) is 0 Å². The van der Waals surface area contributed by atoms with Crippen molar-refractivity contribution in [1.29, 1.82) is 0 Å². The Bertz CT molecular complexity index is 831. The standard InChI is InChI=1S/C15H13.C5H5.C3H6.2ClH.Ti/c1-10-3-5-12-9-13-6-4-11(2)8-15(13)14(12)7-10;1-2-4-5-3-1;1-3-2;;;/h3-9H,1-2H3;1-3H,4H2;1-2H3;2*1H;/q2*-1;;;;+2/p-2. The van der Waals surface area contributed by atoms with E-state index in [0.29, 0.717) is 0 Å². The van der Waals surface area contributed by atoms with Crippen molar-refractivity contribution >= 4 is 25.4 Å². The minimum Gasteiger partial charge on any atom is -1.00 e. The number of halogens is 2. The molecule has 0 atom stereocenters. The minimum absolute atomic E-state index is 0. The molecule has 136 valence electrons. The van der Waals surface area contributed by atoms with Gasteiger partial charge < -0.3 is 24.8 Å². The largest absolute Gasteiger partial charge is 1.00 e. The second-order valence-corrected chi connectivity index (χ2v) is 7.89. The van der Waals surface area contributed by atoms with Crippen molar-refractivity contribution in [2.75, 3.05) is 0 Å². The van der Waals surface area contributed by atoms with Gasteiger partial charge in [0, 0.05) is 0 Å². The molecule has 0 aromatic heterocycles. The predicted octanol–water partition coefficient (Wildman–Crippen LogP) is 0.388. The average Bonchev–Trinajstić information content (AvgIpc) is 3.18. The van der Waals surface area contributed by atoms with Crippen LogP contribution in [0.3, 0.4) is 0 Å². The first-order valence-corrected chi connectivity index (χ1v) is 9.05. The Kier molecular flexibility index (Phi) is 11.9. The molecule has 0 amide bonds. The number of aryl methyl sites for hydroxylation is 2. The minimum atomic E-state index is 0. The molecule has 0 spiro atoms. The van der Waals surface area contributed by atoms with E-state index in [2.05, 4.69) is 102 Å². The van der Waals surface area contributed by atoms with Gasteiger partial charge in [-0.15, -0.1) is 46.2 Å². The van der Waals surface area contributed by atoms with Gasteiger partial charge in [-0.05, 0) is 13.8 Å². The van der Waals surface area contributed by atoms with E-state index < -0.39 is 0 Å². The van der Waals surface area contributed by atoms with Crippen LogP contribution in [-0.4, -0.2) is 3.81 Å². The van der Waals surface area contributed by atoms with Gasteiger partial charge in [-0.2, -0.15) is 6.08 Å². The van der Waals surface area contributed by atoms with Gasteiger partial charge in [0.15, 0.2) is 0 Å². The maximum absolute atomic E-state index is 2.99. The summed E-state index contributed by atoms with van der Waals surface area (Å²) < 4.78 is 1.42. The van der Waals surface area contributed by atoms with Gasteiger partial charge >= 0.3 is 37.6 Å². The topological polar surface area (TPSA) is 0 Å². The van der Waals surface area contributed by atoms with E-state index >= 15 is 0 Å². The quantitative estimate of drug-likeness (QED) is 0.366. The number of fused-ring (bicyclic) bond motifs is 3. The molecule has 1 aliphatic rings. The van der Waals surface area contributed by atoms with Gasteiger partial charge in [0.2, 0.25) is 0 Å². The second-order valence-electron chi connectivity index (χ2n) is 6.33. The summed E-state index contributed by atoms with van der Waals surface area (Å²) in [5.74, 6) is 0. The molecule has 1 aliphatic carbocycles. The van der Waals surface area contributed by atoms with Crippen LogP contribution in [0.2, 0.25) is 0 Å². The van der Waals surface area contributed by atoms with E-state index in [1.807, 2.05) is 12.2 Å². The van der Waals surface area contributed by atoms with Gasteiger partial charge in [0.25, 0.3) is 0 Å². The van der Waals surface area contributed by atoms with Crippen molar-refractivity contribution in [2.24, 2.45) is 0 Å². The van der Waals surface area contributed by atoms with Crippen molar-refractivity contribution < 1.29 is 44.8 Å². The first kappa shape index (κ1) is 25.0. The fraction of sp³-hybridized carbons (Fsp3) is 0.217. The summed E-state index contributed by atoms with van der Waals surface area (Å²) >= 11 is 2.08. The monoisotopic (exact) mass is 418 g/mol. The number of benzene rings is 2. The van der Waals surface area contributed by atoms with Crippen molar-refractivity contribution in [1.82, 2.24) is 0 Å². The smallest absolute Gasteiger partial charge is 0.0410 e. The van der Waals surface area contributed by atoms with Crippen LogP contribution in [0.15, 0.2) is 60.7 Å². The number of hydrogen-bond acceptors (Lipinski definition) is 0. The molecule has 0 nitrogen and oxygen atoms in total. The summed E-state index contributed by atoms with van der Waals surface area (Å²) in [6.07, 6.45) is 10.0. The van der Waals surface area contributed by atoms with E-state index in [1.54, 1.807) is 0 Å². The van der Waals surface area contributed by atoms with Crippen LogP contribution in [0, 0.1) is 19.9 Å². The molecule has 3 aromatic carbocycles. The van der Waals surface area contributed by atoms with Crippen LogP contribution in [0.1, 0.15) is 31.4 Å². The Morgan fingerprint density at radius 3 is 1.69 bits per heavy atom. The molecule has 0 heterocycles. The fourth-order valence-corrected chi connectivity index (χ4v) is 2.57. The first-order valence-electron chi connectivity index (χ1n) is 8.27. The van der Waals surface area contributed by atoms with E-state index in [0.717, 1.165) is 6.42 Å². The molecular weight excluding hydrogens is 395 g/mol. The molecule has 0 radical (unpaired) electrons. The van der Waals surface area contributed by atoms with Crippen molar-refractivity contribution in [3.05, 3.63) is 77.9 Å². The molecule has 0 aliphatic heterocycles. The van der Waals surface area contributed by atoms with Gasteiger partial charge in [-0.1, -0.05) is 35.4 Å². The Morgan fingerprint density at radius 2 is 1.38 bits per heavy atom. The Morgan fingerprint density at radius 1 is 0.923 bits per heavy atom. The van der Waals surface area contributed by atoms with Gasteiger partial charge in [0.1, 0.15) is 0 Å². The third kappa shape index (κ3) is 7.68. The van der Waals surface area contributed by atoms with Gasteiger partial charge in [-0.3, -0.25) is 6.08 Å². The first-order chi connectivity index (χ1) is 11.5. The molecule has 3 aromatic rings. The maximum Gasteiger partial charge on any atom is -0.0410 e. The molecule has 0 unspecified atom stereocenters. The molecule has 3 heteroatoms. The predicted molar refractivity (Wildman–Crippen MR) is 104 cm³/mol. The normalized spacial score (nSPS) is 11.0. The number of allylic oxidation sites excluding steroid dienone is 4. The molecule has 0 fully saturated rings. The molecular formula is C23H24Cl2Ti-2. The van der Waals surface area contributed by atoms with Crippen LogP contribution in [0.5, 0.6) is 0 Å². The number of rotatable bonds is 0. The summed E-state index contributed by atoms with van der Waals surface area (Å²) in [4.78, 5) is 0. The van der Waals surface area contributed by atoms with Crippen LogP contribution in [-0.2, 0) is 20.0 Å². The Labute approximate surface area is 181 Å². The van der Waals surface area contributed by atoms with Crippen LogP contribution in [0.4, 0.5) is 0 Å². The van der Waals surface area contributed by atoms with Crippen LogP contribution >= 0.6 is 0 Å². The van der Waals surface area contributed by atoms with Crippen LogP contribution < -0.4 is 24.8 Å². The molecule has 0 saturated heterocycles. The third-order valence-electron chi connectivity index (χ3n) is 3.60. The Balaban J connectivity index is 0.000000480. The molecule has 0 saturated carbocycles. The van der Waals surface area contributed by atoms with E-state index in [-0.39, 0.29) is 24.8 Å². The molecule has 0 bridgehead atoms. The zero-order valence-electron chi connectivity index (χ0n) is 15.7. The second kappa shape index (κ2) is 12.4. The van der Waals surface area contributed by atoms with E-state index in [4.69, 9.17) is 0 Å². The van der Waals surface area contributed by atoms with Crippen LogP contribution in [0.25, 0.3) is 21.5 Å². The molecule has 26 heavy (non-hydrogen) atoms. The summed E-state index contributed by atoms with van der Waals surface area (Å²) in [6.45, 7) is 8.46. The van der Waals surface area contributed by atoms with Crippen molar-refractivity contribution in [2.45, 2.75) is 34.1 Å². The molecule has 0 N–H and O–H groups in total. The van der Waals surface area contributed by atoms with E-state index in [1.165, 1.54) is 36.5 Å². The van der Waals surface area contributed by atoms with Gasteiger partial charge in [-0.25, -0.2) is 12.2 Å². The van der Waals surface area contributed by atoms with Crippen molar-refractivity contribution in [3.8, 4) is 0 Å². The SMILES string of the molecule is C[C](C)=[Ti+2].Cc1ccc2[cH-]c3ccc(C)cc3c2c1.[C-]1=CC=CC1.[Cl-].[Cl-]. The fourth-order valence-electron chi connectivity index (χ4n) is 2.57. The summed E-state index contributed by atoms with van der Waals surface area (Å²) in [5, 5.41) is 5.46. The zero-order valence-corrected chi connectivity index (χ0v) is 18.8.